The number of hydrogen-bond acceptors (Lipinski definition) is 4. The number of hydrogen-bond donors (Lipinski definition) is 1. The summed E-state index contributed by atoms with van der Waals surface area (Å²) in [6, 6.07) is 0. The van der Waals surface area contributed by atoms with Gasteiger partial charge in [-0.15, -0.1) is 6.58 Å². The number of Topliss-reactive ketones (excluding diaryl/α,β-unsaturated/α-hetero) is 1. The van der Waals surface area contributed by atoms with Crippen LogP contribution in [-0.2, 0) is 14.3 Å². The predicted molar refractivity (Wildman–Crippen MR) is 54.2 cm³/mol. The van der Waals surface area contributed by atoms with E-state index in [0.717, 1.165) is 12.8 Å². The Hall–Kier alpha value is -1.16. The van der Waals surface area contributed by atoms with Crippen LogP contribution >= 0.6 is 0 Å². The van der Waals surface area contributed by atoms with Crippen LogP contribution in [0, 0.1) is 0 Å². The van der Waals surface area contributed by atoms with Crippen LogP contribution in [0.1, 0.15) is 32.6 Å². The van der Waals surface area contributed by atoms with E-state index < -0.39 is 23.5 Å². The van der Waals surface area contributed by atoms with Gasteiger partial charge in [0.2, 0.25) is 11.4 Å². The van der Waals surface area contributed by atoms with Crippen molar-refractivity contribution in [1.29, 1.82) is 0 Å². The van der Waals surface area contributed by atoms with Gasteiger partial charge in [-0.05, 0) is 12.8 Å². The minimum absolute atomic E-state index is 0.0761. The molecule has 0 amide bonds. The zero-order valence-corrected chi connectivity index (χ0v) is 8.86. The summed E-state index contributed by atoms with van der Waals surface area (Å²) in [4.78, 5) is 23.0. The largest absolute Gasteiger partial charge is 0.452 e. The summed E-state index contributed by atoms with van der Waals surface area (Å²) >= 11 is 0. The van der Waals surface area contributed by atoms with E-state index in [4.69, 9.17) is 4.74 Å². The first-order chi connectivity index (χ1) is 7.06. The first-order valence-electron chi connectivity index (χ1n) is 5.15. The summed E-state index contributed by atoms with van der Waals surface area (Å²) in [5.41, 5.74) is -1.99. The molecule has 0 saturated carbocycles. The highest BCUT2D eigenvalue weighted by molar-refractivity contribution is 6.13. The van der Waals surface area contributed by atoms with E-state index in [1.165, 1.54) is 6.08 Å². The normalized spacial score (nSPS) is 30.4. The summed E-state index contributed by atoms with van der Waals surface area (Å²) in [6.07, 6.45) is 2.70. The monoisotopic (exact) mass is 212 g/mol. The van der Waals surface area contributed by atoms with Gasteiger partial charge in [-0.3, -0.25) is 4.79 Å². The van der Waals surface area contributed by atoms with Gasteiger partial charge in [0.15, 0.2) is 6.10 Å². The highest BCUT2D eigenvalue weighted by Crippen LogP contribution is 2.28. The van der Waals surface area contributed by atoms with Crippen molar-refractivity contribution in [3.05, 3.63) is 12.7 Å². The van der Waals surface area contributed by atoms with E-state index in [0.29, 0.717) is 6.42 Å². The van der Waals surface area contributed by atoms with E-state index in [-0.39, 0.29) is 6.42 Å². The first-order valence-corrected chi connectivity index (χ1v) is 5.15. The van der Waals surface area contributed by atoms with Crippen molar-refractivity contribution < 1.29 is 19.4 Å². The highest BCUT2D eigenvalue weighted by atomic mass is 16.6. The van der Waals surface area contributed by atoms with E-state index in [1.54, 1.807) is 0 Å². The average molecular weight is 212 g/mol. The number of rotatable bonds is 5. The number of cyclic esters (lactones) is 1. The molecule has 0 aliphatic carbocycles. The Bertz CT molecular complexity index is 284. The van der Waals surface area contributed by atoms with Crippen LogP contribution in [0.15, 0.2) is 12.7 Å². The SMILES string of the molecule is C=CCC1(O)C(=O)OC(CCCC)C1=O. The van der Waals surface area contributed by atoms with Gasteiger partial charge in [-0.25, -0.2) is 4.79 Å². The third-order valence-electron chi connectivity index (χ3n) is 2.55. The zero-order valence-electron chi connectivity index (χ0n) is 8.86. The lowest BCUT2D eigenvalue weighted by Gasteiger charge is -2.12. The van der Waals surface area contributed by atoms with E-state index in [1.807, 2.05) is 6.92 Å². The molecule has 0 spiro atoms. The molecule has 84 valence electrons. The topological polar surface area (TPSA) is 63.6 Å². The van der Waals surface area contributed by atoms with Gasteiger partial charge >= 0.3 is 5.97 Å². The number of esters is 1. The fourth-order valence-corrected chi connectivity index (χ4v) is 1.62. The zero-order chi connectivity index (χ0) is 11.5. The van der Waals surface area contributed by atoms with Crippen molar-refractivity contribution in [1.82, 2.24) is 0 Å². The Balaban J connectivity index is 2.73. The van der Waals surface area contributed by atoms with Gasteiger partial charge in [0.25, 0.3) is 0 Å². The molecule has 15 heavy (non-hydrogen) atoms. The van der Waals surface area contributed by atoms with Crippen molar-refractivity contribution in [2.45, 2.75) is 44.3 Å². The van der Waals surface area contributed by atoms with Crippen molar-refractivity contribution >= 4 is 11.8 Å². The molecule has 4 nitrogen and oxygen atoms in total. The van der Waals surface area contributed by atoms with Crippen molar-refractivity contribution in [3.8, 4) is 0 Å². The van der Waals surface area contributed by atoms with E-state index >= 15 is 0 Å². The van der Waals surface area contributed by atoms with Crippen LogP contribution in [0.25, 0.3) is 0 Å². The van der Waals surface area contributed by atoms with Crippen LogP contribution < -0.4 is 0 Å². The summed E-state index contributed by atoms with van der Waals surface area (Å²) in [5.74, 6) is -1.37. The fourth-order valence-electron chi connectivity index (χ4n) is 1.62. The van der Waals surface area contributed by atoms with Crippen LogP contribution in [0.3, 0.4) is 0 Å². The molecule has 1 fully saturated rings. The van der Waals surface area contributed by atoms with Crippen LogP contribution in [0.2, 0.25) is 0 Å². The third kappa shape index (κ3) is 2.09. The van der Waals surface area contributed by atoms with E-state index in [9.17, 15) is 14.7 Å². The Morgan fingerprint density at radius 1 is 1.60 bits per heavy atom. The maximum Gasteiger partial charge on any atom is 0.347 e. The molecule has 4 heteroatoms. The molecule has 0 aromatic rings. The van der Waals surface area contributed by atoms with Crippen molar-refractivity contribution in [2.75, 3.05) is 0 Å². The second-order valence-corrected chi connectivity index (χ2v) is 3.75. The third-order valence-corrected chi connectivity index (χ3v) is 2.55. The quantitative estimate of drug-likeness (QED) is 0.419. The molecule has 0 aromatic carbocycles. The first kappa shape index (κ1) is 11.9. The Labute approximate surface area is 88.9 Å². The molecule has 1 aliphatic rings. The fraction of sp³-hybridized carbons (Fsp3) is 0.636. The molecule has 0 bridgehead atoms. The number of carbonyl (C=O) groups is 2. The maximum atomic E-state index is 11.7. The van der Waals surface area contributed by atoms with Gasteiger partial charge in [0, 0.05) is 6.42 Å². The lowest BCUT2D eigenvalue weighted by Crippen LogP contribution is -2.42. The molecule has 1 saturated heterocycles. The Morgan fingerprint density at radius 3 is 2.80 bits per heavy atom. The number of ether oxygens (including phenoxy) is 1. The summed E-state index contributed by atoms with van der Waals surface area (Å²) in [5, 5.41) is 9.80. The molecular formula is C11H16O4. The van der Waals surface area contributed by atoms with Crippen molar-refractivity contribution in [2.24, 2.45) is 0 Å². The molecule has 2 atom stereocenters. The van der Waals surface area contributed by atoms with Gasteiger partial charge in [-0.2, -0.15) is 0 Å². The maximum absolute atomic E-state index is 11.7. The summed E-state index contributed by atoms with van der Waals surface area (Å²) < 4.78 is 4.86. The predicted octanol–water partition coefficient (Wildman–Crippen LogP) is 0.978. The van der Waals surface area contributed by atoms with E-state index in [2.05, 4.69) is 6.58 Å². The molecule has 2 unspecified atom stereocenters. The second kappa shape index (κ2) is 4.57. The van der Waals surface area contributed by atoms with Crippen LogP contribution in [0.5, 0.6) is 0 Å². The molecule has 1 rings (SSSR count). The Morgan fingerprint density at radius 2 is 2.27 bits per heavy atom. The molecule has 1 aliphatic heterocycles. The van der Waals surface area contributed by atoms with Gasteiger partial charge in [0.1, 0.15) is 0 Å². The van der Waals surface area contributed by atoms with Gasteiger partial charge in [0.05, 0.1) is 0 Å². The van der Waals surface area contributed by atoms with Crippen LogP contribution in [-0.4, -0.2) is 28.6 Å². The number of aliphatic hydroxyl groups is 1. The lowest BCUT2D eigenvalue weighted by atomic mass is 9.92. The summed E-state index contributed by atoms with van der Waals surface area (Å²) in [6.45, 7) is 5.39. The minimum Gasteiger partial charge on any atom is -0.452 e. The highest BCUT2D eigenvalue weighted by Gasteiger charge is 2.54. The van der Waals surface area contributed by atoms with Crippen LogP contribution in [0.4, 0.5) is 0 Å². The number of ketones is 1. The van der Waals surface area contributed by atoms with Crippen molar-refractivity contribution in [3.63, 3.8) is 0 Å². The van der Waals surface area contributed by atoms with Gasteiger partial charge in [-0.1, -0.05) is 19.4 Å². The smallest absolute Gasteiger partial charge is 0.347 e. The molecule has 0 aromatic heterocycles. The minimum atomic E-state index is -1.99. The summed E-state index contributed by atoms with van der Waals surface area (Å²) in [7, 11) is 0. The second-order valence-electron chi connectivity index (χ2n) is 3.75. The number of unbranched alkanes of at least 4 members (excludes halogenated alkanes) is 1. The lowest BCUT2D eigenvalue weighted by molar-refractivity contribution is -0.155. The number of carbonyl (C=O) groups excluding carboxylic acids is 2. The standard InChI is InChI=1S/C11H16O4/c1-3-5-6-8-9(12)11(14,7-4-2)10(13)15-8/h4,8,14H,2-3,5-7H2,1H3. The van der Waals surface area contributed by atoms with Gasteiger partial charge < -0.3 is 9.84 Å². The molecule has 0 radical (unpaired) electrons. The average Bonchev–Trinajstić information content (AvgIpc) is 2.41. The Kier molecular flexibility index (Phi) is 3.63. The molecular weight excluding hydrogens is 196 g/mol. The molecule has 1 N–H and O–H groups in total. The molecule has 1 heterocycles.